The van der Waals surface area contributed by atoms with Crippen molar-refractivity contribution in [2.24, 2.45) is 19.5 Å². The molecule has 172 valence electrons. The molecule has 2 aliphatic rings. The molecule has 2 saturated heterocycles. The molecule has 0 bridgehead atoms. The van der Waals surface area contributed by atoms with Crippen LogP contribution in [0.2, 0.25) is 0 Å². The van der Waals surface area contributed by atoms with E-state index in [2.05, 4.69) is 80.2 Å². The van der Waals surface area contributed by atoms with Gasteiger partial charge in [0, 0.05) is 58.0 Å². The van der Waals surface area contributed by atoms with Gasteiger partial charge in [-0.05, 0) is 43.8 Å². The minimum atomic E-state index is 0. The maximum atomic E-state index is 4.55. The van der Waals surface area contributed by atoms with E-state index in [-0.39, 0.29) is 17.8 Å². The van der Waals surface area contributed by atoms with Crippen molar-refractivity contribution in [2.75, 3.05) is 26.2 Å². The first-order valence-corrected chi connectivity index (χ1v) is 11.3. The second-order valence-corrected chi connectivity index (χ2v) is 9.56. The lowest BCUT2D eigenvalue weighted by molar-refractivity contribution is 0.0887. The summed E-state index contributed by atoms with van der Waals surface area (Å²) in [7, 11) is 4.09. The summed E-state index contributed by atoms with van der Waals surface area (Å²) in [6.07, 6.45) is 6.42. The van der Waals surface area contributed by atoms with Crippen LogP contribution in [0.25, 0.3) is 0 Å². The van der Waals surface area contributed by atoms with Gasteiger partial charge in [0.1, 0.15) is 12.2 Å². The van der Waals surface area contributed by atoms with Crippen LogP contribution >= 0.6 is 12.4 Å². The van der Waals surface area contributed by atoms with E-state index in [9.17, 15) is 0 Å². The van der Waals surface area contributed by atoms with Crippen LogP contribution in [0.15, 0.2) is 42.9 Å². The Balaban J connectivity index is 0.00000245. The Kier molecular flexibility index (Phi) is 6.70. The molecule has 1 spiro atoms. The molecule has 0 saturated carbocycles. The Morgan fingerprint density at radius 2 is 1.78 bits per heavy atom. The fourth-order valence-corrected chi connectivity index (χ4v) is 5.70. The number of nitrogens with zero attached hydrogens (tertiary/aromatic N) is 7. The topological polar surface area (TPSA) is 55.0 Å². The molecule has 32 heavy (non-hydrogen) atoms. The monoisotopic (exact) mass is 455 g/mol. The second kappa shape index (κ2) is 9.33. The smallest absolute Gasteiger partial charge is 0.137 e. The fraction of sp³-hybridized carbons (Fsp3) is 0.542. The van der Waals surface area contributed by atoms with Gasteiger partial charge in [0.15, 0.2) is 0 Å². The second-order valence-electron chi connectivity index (χ2n) is 9.56. The van der Waals surface area contributed by atoms with E-state index < -0.39 is 0 Å². The zero-order valence-electron chi connectivity index (χ0n) is 19.3. The molecular weight excluding hydrogens is 422 g/mol. The van der Waals surface area contributed by atoms with E-state index in [4.69, 9.17) is 0 Å². The Labute approximate surface area is 196 Å². The van der Waals surface area contributed by atoms with Crippen molar-refractivity contribution in [3.63, 3.8) is 0 Å². The van der Waals surface area contributed by atoms with Crippen LogP contribution in [0.5, 0.6) is 0 Å². The molecule has 3 aromatic rings. The maximum absolute atomic E-state index is 4.55. The third-order valence-electron chi connectivity index (χ3n) is 7.39. The average Bonchev–Trinajstić information content (AvgIpc) is 3.42. The molecule has 2 aliphatic heterocycles. The average molecular weight is 456 g/mol. The number of benzene rings is 1. The third kappa shape index (κ3) is 4.47. The van der Waals surface area contributed by atoms with Gasteiger partial charge >= 0.3 is 0 Å². The zero-order valence-corrected chi connectivity index (χ0v) is 20.1. The van der Waals surface area contributed by atoms with E-state index in [1.807, 2.05) is 18.1 Å². The molecule has 0 aliphatic carbocycles. The molecule has 0 amide bonds. The molecule has 1 unspecified atom stereocenters. The summed E-state index contributed by atoms with van der Waals surface area (Å²) in [6.45, 7) is 8.57. The van der Waals surface area contributed by atoms with Crippen LogP contribution < -0.4 is 0 Å². The predicted molar refractivity (Wildman–Crippen MR) is 128 cm³/mol. The molecule has 0 radical (unpaired) electrons. The minimum Gasteiger partial charge on any atom is -0.320 e. The van der Waals surface area contributed by atoms with Crippen molar-refractivity contribution in [3.8, 4) is 0 Å². The first-order chi connectivity index (χ1) is 15.0. The highest BCUT2D eigenvalue weighted by atomic mass is 35.5. The molecule has 1 aromatic carbocycles. The van der Waals surface area contributed by atoms with Gasteiger partial charge in [-0.2, -0.15) is 5.10 Å². The number of halogens is 1. The molecule has 8 heteroatoms. The zero-order chi connectivity index (χ0) is 21.4. The first-order valence-electron chi connectivity index (χ1n) is 11.3. The number of hydrogen-bond donors (Lipinski definition) is 0. The van der Waals surface area contributed by atoms with Gasteiger partial charge in [-0.25, -0.2) is 0 Å². The summed E-state index contributed by atoms with van der Waals surface area (Å²) in [5, 5.41) is 13.3. The van der Waals surface area contributed by atoms with E-state index in [0.717, 1.165) is 50.8 Å². The van der Waals surface area contributed by atoms with Crippen molar-refractivity contribution in [3.05, 3.63) is 65.5 Å². The highest BCUT2D eigenvalue weighted by Gasteiger charge is 2.50. The summed E-state index contributed by atoms with van der Waals surface area (Å²) < 4.78 is 4.06. The van der Waals surface area contributed by atoms with Crippen LogP contribution in [0, 0.1) is 12.3 Å². The summed E-state index contributed by atoms with van der Waals surface area (Å²) in [5.41, 5.74) is 4.16. The Hall–Kier alpha value is -2.22. The van der Waals surface area contributed by atoms with Crippen LogP contribution in [-0.2, 0) is 27.2 Å². The van der Waals surface area contributed by atoms with Gasteiger partial charge in [0.05, 0.1) is 5.69 Å². The normalized spacial score (nSPS) is 21.2. The van der Waals surface area contributed by atoms with Gasteiger partial charge in [0.2, 0.25) is 0 Å². The van der Waals surface area contributed by atoms with E-state index in [0.29, 0.717) is 5.92 Å². The molecule has 2 fully saturated rings. The summed E-state index contributed by atoms with van der Waals surface area (Å²) in [6, 6.07) is 10.8. The Bertz CT molecular complexity index is 1020. The Morgan fingerprint density at radius 3 is 2.41 bits per heavy atom. The quantitative estimate of drug-likeness (QED) is 0.591. The number of likely N-dealkylation sites (tertiary alicyclic amines) is 2. The summed E-state index contributed by atoms with van der Waals surface area (Å²) in [4.78, 5) is 5.23. The van der Waals surface area contributed by atoms with Gasteiger partial charge in [0.25, 0.3) is 0 Å². The highest BCUT2D eigenvalue weighted by molar-refractivity contribution is 5.85. The number of aryl methyl sites for hydroxylation is 3. The summed E-state index contributed by atoms with van der Waals surface area (Å²) >= 11 is 0. The van der Waals surface area contributed by atoms with Gasteiger partial charge in [-0.1, -0.05) is 30.3 Å². The number of piperidine rings is 1. The predicted octanol–water partition coefficient (Wildman–Crippen LogP) is 3.16. The summed E-state index contributed by atoms with van der Waals surface area (Å²) in [5.74, 6) is 1.58. The lowest BCUT2D eigenvalue weighted by Gasteiger charge is -2.42. The van der Waals surface area contributed by atoms with Crippen LogP contribution in [0.3, 0.4) is 0 Å². The lowest BCUT2D eigenvalue weighted by Crippen LogP contribution is -2.43. The van der Waals surface area contributed by atoms with Gasteiger partial charge < -0.3 is 4.57 Å². The first kappa shape index (κ1) is 23.0. The third-order valence-corrected chi connectivity index (χ3v) is 7.39. The van der Waals surface area contributed by atoms with E-state index >= 15 is 0 Å². The Morgan fingerprint density at radius 1 is 1.03 bits per heavy atom. The maximum Gasteiger partial charge on any atom is 0.137 e. The molecule has 4 heterocycles. The number of aromatic nitrogens is 5. The minimum absolute atomic E-state index is 0. The SMILES string of the molecule is Cc1nn(C)cc1CN1CCC2(CC1)CN(Cc1ccccc1)CC2c1nncn1C.Cl. The molecule has 7 nitrogen and oxygen atoms in total. The van der Waals surface area contributed by atoms with Crippen molar-refractivity contribution in [1.82, 2.24) is 34.3 Å². The molecule has 0 N–H and O–H groups in total. The number of rotatable bonds is 5. The van der Waals surface area contributed by atoms with Crippen molar-refractivity contribution in [2.45, 2.75) is 38.8 Å². The van der Waals surface area contributed by atoms with Crippen LogP contribution in [-0.4, -0.2) is 60.5 Å². The van der Waals surface area contributed by atoms with Crippen molar-refractivity contribution in [1.29, 1.82) is 0 Å². The molecular formula is C24H34ClN7. The lowest BCUT2D eigenvalue weighted by atomic mass is 9.70. The molecule has 1 atom stereocenters. The van der Waals surface area contributed by atoms with Crippen molar-refractivity contribution < 1.29 is 0 Å². The molecule has 5 rings (SSSR count). The largest absolute Gasteiger partial charge is 0.320 e. The standard InChI is InChI=1S/C24H33N7.ClH/c1-19-21(14-29(3)27-19)15-30-11-9-24(10-12-30)17-31(13-20-7-5-4-6-8-20)16-22(24)23-26-25-18-28(23)2;/h4-8,14,18,22H,9-13,15-17H2,1-3H3;1H. The number of hydrogen-bond acceptors (Lipinski definition) is 5. The fourth-order valence-electron chi connectivity index (χ4n) is 5.70. The van der Waals surface area contributed by atoms with E-state index in [1.165, 1.54) is 24.0 Å². The van der Waals surface area contributed by atoms with Gasteiger partial charge in [-0.3, -0.25) is 14.5 Å². The van der Waals surface area contributed by atoms with Crippen LogP contribution in [0.4, 0.5) is 0 Å². The van der Waals surface area contributed by atoms with Crippen LogP contribution in [0.1, 0.15) is 41.4 Å². The van der Waals surface area contributed by atoms with E-state index in [1.54, 1.807) is 0 Å². The van der Waals surface area contributed by atoms with Crippen molar-refractivity contribution >= 4 is 12.4 Å². The highest BCUT2D eigenvalue weighted by Crippen LogP contribution is 2.49. The van der Waals surface area contributed by atoms with Gasteiger partial charge in [-0.15, -0.1) is 22.6 Å². The molecule has 2 aromatic heterocycles.